The van der Waals surface area contributed by atoms with Crippen LogP contribution in [-0.4, -0.2) is 93.4 Å². The molecule has 0 aromatic carbocycles. The van der Waals surface area contributed by atoms with Crippen molar-refractivity contribution in [2.75, 3.05) is 39.6 Å². The summed E-state index contributed by atoms with van der Waals surface area (Å²) in [5, 5.41) is 61.9. The van der Waals surface area contributed by atoms with E-state index in [0.717, 1.165) is 0 Å². The van der Waals surface area contributed by atoms with Gasteiger partial charge < -0.3 is 40.5 Å². The van der Waals surface area contributed by atoms with E-state index in [-0.39, 0.29) is 32.7 Å². The first kappa shape index (κ1) is 26.9. The van der Waals surface area contributed by atoms with Crippen molar-refractivity contribution in [2.45, 2.75) is 38.7 Å². The molecule has 0 aromatic rings. The Morgan fingerprint density at radius 1 is 0.885 bits per heavy atom. The van der Waals surface area contributed by atoms with Crippen molar-refractivity contribution in [1.82, 2.24) is 0 Å². The molecule has 0 aliphatic carbocycles. The van der Waals surface area contributed by atoms with Crippen LogP contribution in [0.1, 0.15) is 32.6 Å². The average molecular weight is 384 g/mol. The number of hydrogen-bond acceptors (Lipinski definition) is 8. The van der Waals surface area contributed by atoms with Crippen molar-refractivity contribution in [1.29, 1.82) is 0 Å². The second kappa shape index (κ2) is 15.9. The molecular formula is C16H32O10. The van der Waals surface area contributed by atoms with Gasteiger partial charge >= 0.3 is 11.9 Å². The molecule has 0 heterocycles. The fourth-order valence-electron chi connectivity index (χ4n) is 2.21. The summed E-state index contributed by atoms with van der Waals surface area (Å²) in [7, 11) is 0. The van der Waals surface area contributed by atoms with Gasteiger partial charge in [0.2, 0.25) is 0 Å². The molecule has 0 aliphatic heterocycles. The monoisotopic (exact) mass is 384 g/mol. The third-order valence-electron chi connectivity index (χ3n) is 4.09. The first-order chi connectivity index (χ1) is 12.2. The summed E-state index contributed by atoms with van der Waals surface area (Å²) in [6.45, 7) is -0.0190. The number of hydrogen-bond donors (Lipinski definition) is 7. The van der Waals surface area contributed by atoms with Gasteiger partial charge in [-0.05, 0) is 18.8 Å². The van der Waals surface area contributed by atoms with E-state index >= 15 is 0 Å². The van der Waals surface area contributed by atoms with Gasteiger partial charge in [0, 0.05) is 24.9 Å². The lowest BCUT2D eigenvalue weighted by molar-refractivity contribution is -0.145. The zero-order valence-electron chi connectivity index (χ0n) is 15.1. The number of carboxylic acid groups (broad SMARTS) is 2. The van der Waals surface area contributed by atoms with Gasteiger partial charge in [0.1, 0.15) is 0 Å². The SMILES string of the molecule is CC(CO)C(CO)(CO)C(CO)OCCO.O=C(O)CCCCC(=O)O. The van der Waals surface area contributed by atoms with E-state index in [1.165, 1.54) is 0 Å². The van der Waals surface area contributed by atoms with E-state index in [0.29, 0.717) is 12.8 Å². The number of aliphatic carboxylic acids is 2. The molecule has 0 fully saturated rings. The van der Waals surface area contributed by atoms with Crippen molar-refractivity contribution in [2.24, 2.45) is 11.3 Å². The highest BCUT2D eigenvalue weighted by atomic mass is 16.5. The quantitative estimate of drug-likeness (QED) is 0.177. The first-order valence-corrected chi connectivity index (χ1v) is 8.35. The Hall–Kier alpha value is -1.30. The second-order valence-electron chi connectivity index (χ2n) is 5.89. The molecule has 26 heavy (non-hydrogen) atoms. The van der Waals surface area contributed by atoms with Crippen LogP contribution in [0.3, 0.4) is 0 Å². The molecule has 2 unspecified atom stereocenters. The number of rotatable bonds is 14. The Kier molecular flexibility index (Phi) is 16.5. The lowest BCUT2D eigenvalue weighted by atomic mass is 9.73. The topological polar surface area (TPSA) is 185 Å². The van der Waals surface area contributed by atoms with Gasteiger partial charge in [-0.1, -0.05) is 6.92 Å². The second-order valence-corrected chi connectivity index (χ2v) is 5.89. The van der Waals surface area contributed by atoms with Crippen LogP contribution in [0.4, 0.5) is 0 Å². The van der Waals surface area contributed by atoms with Crippen LogP contribution in [0.25, 0.3) is 0 Å². The maximum Gasteiger partial charge on any atom is 0.303 e. The first-order valence-electron chi connectivity index (χ1n) is 8.35. The minimum Gasteiger partial charge on any atom is -0.481 e. The molecule has 0 saturated heterocycles. The van der Waals surface area contributed by atoms with Crippen molar-refractivity contribution in [3.8, 4) is 0 Å². The molecule has 2 atom stereocenters. The largest absolute Gasteiger partial charge is 0.481 e. The Balaban J connectivity index is 0. The van der Waals surface area contributed by atoms with E-state index in [4.69, 9.17) is 25.2 Å². The van der Waals surface area contributed by atoms with Crippen LogP contribution in [0, 0.1) is 11.3 Å². The minimum absolute atomic E-state index is 0.00508. The van der Waals surface area contributed by atoms with Crippen molar-refractivity contribution in [3.63, 3.8) is 0 Å². The summed E-state index contributed by atoms with van der Waals surface area (Å²) in [4.78, 5) is 19.8. The number of carbonyl (C=O) groups is 2. The molecule has 0 bridgehead atoms. The maximum atomic E-state index is 9.90. The molecule has 156 valence electrons. The van der Waals surface area contributed by atoms with E-state index in [2.05, 4.69) is 0 Å². The minimum atomic E-state index is -1.11. The molecule has 10 heteroatoms. The molecule has 0 amide bonds. The number of aliphatic hydroxyl groups is 5. The van der Waals surface area contributed by atoms with E-state index in [9.17, 15) is 24.9 Å². The number of unbranched alkanes of at least 4 members (excludes halogenated alkanes) is 1. The lowest BCUT2D eigenvalue weighted by Gasteiger charge is -2.40. The molecule has 10 nitrogen and oxygen atoms in total. The van der Waals surface area contributed by atoms with Gasteiger partial charge in [0.25, 0.3) is 0 Å². The normalized spacial score (nSPS) is 13.5. The van der Waals surface area contributed by atoms with Crippen molar-refractivity contribution < 1.29 is 50.1 Å². The summed E-state index contributed by atoms with van der Waals surface area (Å²) in [6.07, 6.45) is 0.195. The van der Waals surface area contributed by atoms with Crippen LogP contribution < -0.4 is 0 Å². The number of aliphatic hydroxyl groups excluding tert-OH is 5. The van der Waals surface area contributed by atoms with Crippen LogP contribution in [-0.2, 0) is 14.3 Å². The van der Waals surface area contributed by atoms with E-state index in [1.54, 1.807) is 6.92 Å². The zero-order chi connectivity index (χ0) is 20.6. The maximum absolute atomic E-state index is 9.90. The molecule has 0 radical (unpaired) electrons. The molecule has 0 aliphatic rings. The zero-order valence-corrected chi connectivity index (χ0v) is 15.1. The molecular weight excluding hydrogens is 352 g/mol. The smallest absolute Gasteiger partial charge is 0.303 e. The van der Waals surface area contributed by atoms with E-state index in [1.807, 2.05) is 0 Å². The Morgan fingerprint density at radius 2 is 1.35 bits per heavy atom. The number of carboxylic acids is 2. The molecule has 0 saturated carbocycles. The predicted octanol–water partition coefficient (Wildman–Crippen LogP) is -1.33. The fourth-order valence-corrected chi connectivity index (χ4v) is 2.21. The fraction of sp³-hybridized carbons (Fsp3) is 0.875. The van der Waals surface area contributed by atoms with Gasteiger partial charge in [-0.3, -0.25) is 9.59 Å². The Labute approximate surface area is 152 Å². The summed E-state index contributed by atoms with van der Waals surface area (Å²) in [5.41, 5.74) is -1.11. The highest BCUT2D eigenvalue weighted by Gasteiger charge is 2.43. The van der Waals surface area contributed by atoms with E-state index < -0.39 is 49.2 Å². The highest BCUT2D eigenvalue weighted by Crippen LogP contribution is 2.32. The standard InChI is InChI=1S/C10H22O6.C6H10O4/c1-8(4-12)10(6-14,7-15)9(5-13)16-3-2-11;7-5(8)3-1-2-4-6(9)10/h8-9,11-15H,2-7H2,1H3;1-4H2,(H,7,8)(H,9,10). The Bertz CT molecular complexity index is 354. The van der Waals surface area contributed by atoms with Gasteiger partial charge in [0.05, 0.1) is 39.1 Å². The summed E-state index contributed by atoms with van der Waals surface area (Å²) < 4.78 is 5.18. The molecule has 0 spiro atoms. The average Bonchev–Trinajstić information content (AvgIpc) is 2.62. The highest BCUT2D eigenvalue weighted by molar-refractivity contribution is 5.67. The summed E-state index contributed by atoms with van der Waals surface area (Å²) in [6, 6.07) is 0. The van der Waals surface area contributed by atoms with Crippen LogP contribution >= 0.6 is 0 Å². The van der Waals surface area contributed by atoms with Crippen LogP contribution in [0.5, 0.6) is 0 Å². The van der Waals surface area contributed by atoms with Crippen molar-refractivity contribution >= 4 is 11.9 Å². The molecule has 7 N–H and O–H groups in total. The summed E-state index contributed by atoms with van der Waals surface area (Å²) in [5.74, 6) is -2.17. The van der Waals surface area contributed by atoms with Gasteiger partial charge in [-0.25, -0.2) is 0 Å². The van der Waals surface area contributed by atoms with Crippen molar-refractivity contribution in [3.05, 3.63) is 0 Å². The van der Waals surface area contributed by atoms with Crippen LogP contribution in [0.2, 0.25) is 0 Å². The lowest BCUT2D eigenvalue weighted by Crippen LogP contribution is -2.51. The van der Waals surface area contributed by atoms with Gasteiger partial charge in [0.15, 0.2) is 0 Å². The summed E-state index contributed by atoms with van der Waals surface area (Å²) >= 11 is 0. The van der Waals surface area contributed by atoms with Crippen LogP contribution in [0.15, 0.2) is 0 Å². The Morgan fingerprint density at radius 3 is 1.62 bits per heavy atom. The molecule has 0 aromatic heterocycles. The molecule has 0 rings (SSSR count). The third-order valence-corrected chi connectivity index (χ3v) is 4.09. The number of ether oxygens (including phenoxy) is 1. The van der Waals surface area contributed by atoms with Gasteiger partial charge in [-0.2, -0.15) is 0 Å². The third kappa shape index (κ3) is 10.6. The predicted molar refractivity (Wildman–Crippen MR) is 90.5 cm³/mol. The van der Waals surface area contributed by atoms with Gasteiger partial charge in [-0.15, -0.1) is 0 Å².